The molecule has 0 bridgehead atoms. The van der Waals surface area contributed by atoms with E-state index in [0.717, 1.165) is 47.8 Å². The molecule has 0 spiro atoms. The van der Waals surface area contributed by atoms with Crippen LogP contribution in [0.15, 0.2) is 33.4 Å². The summed E-state index contributed by atoms with van der Waals surface area (Å²) < 4.78 is 10.7. The van der Waals surface area contributed by atoms with Crippen molar-refractivity contribution in [3.63, 3.8) is 0 Å². The SMILES string of the molecule is Cc1ccc2c(CC(=O)NC3(c4noc(C)n4)CCCC3)coc2c1. The quantitative estimate of drug-likeness (QED) is 0.786. The maximum atomic E-state index is 12.7. The van der Waals surface area contributed by atoms with Gasteiger partial charge >= 0.3 is 0 Å². The highest BCUT2D eigenvalue weighted by molar-refractivity contribution is 5.88. The minimum atomic E-state index is -0.509. The van der Waals surface area contributed by atoms with Crippen LogP contribution in [0, 0.1) is 13.8 Å². The summed E-state index contributed by atoms with van der Waals surface area (Å²) in [6, 6.07) is 6.02. The lowest BCUT2D eigenvalue weighted by molar-refractivity contribution is -0.122. The Bertz CT molecular complexity index is 919. The number of aromatic nitrogens is 2. The smallest absolute Gasteiger partial charge is 0.225 e. The molecule has 6 nitrogen and oxygen atoms in total. The number of aryl methyl sites for hydroxylation is 2. The van der Waals surface area contributed by atoms with Crippen molar-refractivity contribution < 1.29 is 13.7 Å². The molecule has 4 rings (SSSR count). The molecule has 1 saturated carbocycles. The zero-order valence-electron chi connectivity index (χ0n) is 14.5. The van der Waals surface area contributed by atoms with Crippen molar-refractivity contribution in [2.45, 2.75) is 51.5 Å². The zero-order chi connectivity index (χ0) is 17.4. The third-order valence-electron chi connectivity index (χ3n) is 4.95. The molecule has 0 aliphatic heterocycles. The highest BCUT2D eigenvalue weighted by Crippen LogP contribution is 2.37. The highest BCUT2D eigenvalue weighted by Gasteiger charge is 2.41. The first-order valence-electron chi connectivity index (χ1n) is 8.64. The average Bonchev–Trinajstić information content (AvgIpc) is 3.29. The van der Waals surface area contributed by atoms with Gasteiger partial charge in [-0.05, 0) is 31.4 Å². The number of rotatable bonds is 4. The Labute approximate surface area is 145 Å². The summed E-state index contributed by atoms with van der Waals surface area (Å²) in [7, 11) is 0. The van der Waals surface area contributed by atoms with Crippen LogP contribution in [0.1, 0.15) is 48.5 Å². The van der Waals surface area contributed by atoms with E-state index in [9.17, 15) is 4.79 Å². The van der Waals surface area contributed by atoms with Gasteiger partial charge in [0.1, 0.15) is 11.1 Å². The van der Waals surface area contributed by atoms with Crippen LogP contribution in [0.4, 0.5) is 0 Å². The third-order valence-corrected chi connectivity index (χ3v) is 4.95. The van der Waals surface area contributed by atoms with E-state index in [1.165, 1.54) is 0 Å². The van der Waals surface area contributed by atoms with E-state index in [4.69, 9.17) is 8.94 Å². The fourth-order valence-corrected chi connectivity index (χ4v) is 3.69. The van der Waals surface area contributed by atoms with Crippen LogP contribution in [0.25, 0.3) is 11.0 Å². The molecular weight excluding hydrogens is 318 g/mol. The molecule has 25 heavy (non-hydrogen) atoms. The Morgan fingerprint density at radius 1 is 1.28 bits per heavy atom. The molecule has 2 heterocycles. The molecule has 3 aromatic rings. The van der Waals surface area contributed by atoms with Crippen LogP contribution in [0.5, 0.6) is 0 Å². The van der Waals surface area contributed by atoms with E-state index in [-0.39, 0.29) is 12.3 Å². The first kappa shape index (κ1) is 15.9. The van der Waals surface area contributed by atoms with Crippen LogP contribution in [-0.2, 0) is 16.8 Å². The van der Waals surface area contributed by atoms with E-state index < -0.39 is 5.54 Å². The standard InChI is InChI=1S/C19H21N3O3/c1-12-5-6-15-14(11-24-16(15)9-12)10-17(23)21-19(7-3-4-8-19)18-20-13(2)25-22-18/h5-6,9,11H,3-4,7-8,10H2,1-2H3,(H,21,23). The van der Waals surface area contributed by atoms with Gasteiger partial charge in [-0.25, -0.2) is 0 Å². The van der Waals surface area contributed by atoms with Gasteiger partial charge in [0.05, 0.1) is 12.7 Å². The van der Waals surface area contributed by atoms with E-state index in [0.29, 0.717) is 11.7 Å². The van der Waals surface area contributed by atoms with Crippen molar-refractivity contribution in [1.29, 1.82) is 0 Å². The van der Waals surface area contributed by atoms with Crippen molar-refractivity contribution in [3.8, 4) is 0 Å². The molecule has 1 aliphatic rings. The van der Waals surface area contributed by atoms with Crippen molar-refractivity contribution in [2.24, 2.45) is 0 Å². The van der Waals surface area contributed by atoms with Gasteiger partial charge in [0.2, 0.25) is 11.8 Å². The second kappa shape index (κ2) is 6.02. The van der Waals surface area contributed by atoms with Crippen LogP contribution >= 0.6 is 0 Å². The molecule has 0 saturated heterocycles. The number of nitrogens with zero attached hydrogens (tertiary/aromatic N) is 2. The van der Waals surface area contributed by atoms with Gasteiger partial charge in [0.25, 0.3) is 0 Å². The zero-order valence-corrected chi connectivity index (χ0v) is 14.5. The van der Waals surface area contributed by atoms with Crippen LogP contribution in [0.3, 0.4) is 0 Å². The number of fused-ring (bicyclic) bond motifs is 1. The molecule has 2 aromatic heterocycles. The topological polar surface area (TPSA) is 81.2 Å². The number of furan rings is 1. The Balaban J connectivity index is 1.56. The van der Waals surface area contributed by atoms with Gasteiger partial charge in [-0.1, -0.05) is 30.1 Å². The second-order valence-corrected chi connectivity index (χ2v) is 6.91. The minimum absolute atomic E-state index is 0.0485. The second-order valence-electron chi connectivity index (χ2n) is 6.91. The molecule has 1 aromatic carbocycles. The molecule has 130 valence electrons. The lowest BCUT2D eigenvalue weighted by Crippen LogP contribution is -2.45. The third kappa shape index (κ3) is 2.92. The largest absolute Gasteiger partial charge is 0.464 e. The van der Waals surface area contributed by atoms with Crippen LogP contribution in [0.2, 0.25) is 0 Å². The molecule has 0 atom stereocenters. The molecule has 1 amide bonds. The Morgan fingerprint density at radius 2 is 2.08 bits per heavy atom. The number of nitrogens with one attached hydrogen (secondary N) is 1. The number of benzene rings is 1. The molecule has 0 radical (unpaired) electrons. The fraction of sp³-hybridized carbons (Fsp3) is 0.421. The molecule has 1 aliphatic carbocycles. The van der Waals surface area contributed by atoms with Gasteiger partial charge in [0.15, 0.2) is 5.82 Å². The highest BCUT2D eigenvalue weighted by atomic mass is 16.5. The first-order chi connectivity index (χ1) is 12.1. The van der Waals surface area contributed by atoms with Crippen molar-refractivity contribution in [3.05, 3.63) is 47.3 Å². The number of amides is 1. The molecule has 1 fully saturated rings. The van der Waals surface area contributed by atoms with E-state index in [2.05, 4.69) is 15.5 Å². The molecular formula is C19H21N3O3. The van der Waals surface area contributed by atoms with E-state index in [1.807, 2.05) is 25.1 Å². The lowest BCUT2D eigenvalue weighted by Gasteiger charge is -2.26. The first-order valence-corrected chi connectivity index (χ1v) is 8.64. The van der Waals surface area contributed by atoms with Gasteiger partial charge < -0.3 is 14.3 Å². The predicted octanol–water partition coefficient (Wildman–Crippen LogP) is 3.56. The summed E-state index contributed by atoms with van der Waals surface area (Å²) in [6.07, 6.45) is 5.70. The number of carbonyl (C=O) groups excluding carboxylic acids is 1. The number of carbonyl (C=O) groups is 1. The average molecular weight is 339 g/mol. The van der Waals surface area contributed by atoms with Crippen LogP contribution in [-0.4, -0.2) is 16.0 Å². The van der Waals surface area contributed by atoms with Crippen molar-refractivity contribution >= 4 is 16.9 Å². The number of hydrogen-bond donors (Lipinski definition) is 1. The summed E-state index contributed by atoms with van der Waals surface area (Å²) in [5, 5.41) is 8.21. The van der Waals surface area contributed by atoms with Crippen molar-refractivity contribution in [1.82, 2.24) is 15.5 Å². The van der Waals surface area contributed by atoms with Crippen molar-refractivity contribution in [2.75, 3.05) is 0 Å². The van der Waals surface area contributed by atoms with E-state index in [1.54, 1.807) is 13.2 Å². The Morgan fingerprint density at radius 3 is 2.80 bits per heavy atom. The molecule has 0 unspecified atom stereocenters. The minimum Gasteiger partial charge on any atom is -0.464 e. The summed E-state index contributed by atoms with van der Waals surface area (Å²) in [5.74, 6) is 1.06. The number of hydrogen-bond acceptors (Lipinski definition) is 5. The maximum Gasteiger partial charge on any atom is 0.225 e. The summed E-state index contributed by atoms with van der Waals surface area (Å²) in [4.78, 5) is 17.1. The summed E-state index contributed by atoms with van der Waals surface area (Å²) >= 11 is 0. The van der Waals surface area contributed by atoms with Gasteiger partial charge in [-0.3, -0.25) is 4.79 Å². The van der Waals surface area contributed by atoms with Gasteiger partial charge in [0, 0.05) is 17.9 Å². The normalized spacial score (nSPS) is 16.4. The Hall–Kier alpha value is -2.63. The predicted molar refractivity (Wildman–Crippen MR) is 92.0 cm³/mol. The Kier molecular flexibility index (Phi) is 3.82. The van der Waals surface area contributed by atoms with Gasteiger partial charge in [-0.15, -0.1) is 0 Å². The maximum absolute atomic E-state index is 12.7. The fourth-order valence-electron chi connectivity index (χ4n) is 3.69. The lowest BCUT2D eigenvalue weighted by atomic mass is 9.96. The molecule has 1 N–H and O–H groups in total. The monoisotopic (exact) mass is 339 g/mol. The van der Waals surface area contributed by atoms with E-state index >= 15 is 0 Å². The molecule has 6 heteroatoms. The summed E-state index contributed by atoms with van der Waals surface area (Å²) in [5.41, 5.74) is 2.33. The van der Waals surface area contributed by atoms with Crippen LogP contribution < -0.4 is 5.32 Å². The summed E-state index contributed by atoms with van der Waals surface area (Å²) in [6.45, 7) is 3.78. The van der Waals surface area contributed by atoms with Gasteiger partial charge in [-0.2, -0.15) is 4.98 Å².